The van der Waals surface area contributed by atoms with Crippen LogP contribution in [0.15, 0.2) is 28.7 Å². The highest BCUT2D eigenvalue weighted by atomic mass is 79.9. The van der Waals surface area contributed by atoms with Gasteiger partial charge in [-0.3, -0.25) is 4.79 Å². The molecule has 3 nitrogen and oxygen atoms in total. The largest absolute Gasteiger partial charge is 0.392 e. The van der Waals surface area contributed by atoms with Gasteiger partial charge in [0.05, 0.1) is 10.4 Å². The van der Waals surface area contributed by atoms with E-state index in [2.05, 4.69) is 21.2 Å². The lowest BCUT2D eigenvalue weighted by molar-refractivity contribution is -0.127. The highest BCUT2D eigenvalue weighted by Crippen LogP contribution is 2.38. The quantitative estimate of drug-likeness (QED) is 0.828. The Morgan fingerprint density at radius 2 is 1.89 bits per heavy atom. The van der Waals surface area contributed by atoms with Crippen molar-refractivity contribution in [3.05, 3.63) is 34.3 Å². The van der Waals surface area contributed by atoms with Crippen LogP contribution in [0.3, 0.4) is 0 Å². The molecule has 1 amide bonds. The van der Waals surface area contributed by atoms with Crippen LogP contribution in [0.2, 0.25) is 0 Å². The average Bonchev–Trinajstić information content (AvgIpc) is 2.88. The minimum atomic E-state index is -0.620. The average molecular weight is 341 g/mol. The molecule has 19 heavy (non-hydrogen) atoms. The first-order chi connectivity index (χ1) is 9.04. The maximum absolute atomic E-state index is 12.4. The molecule has 1 aromatic rings. The Morgan fingerprint density at radius 1 is 1.32 bits per heavy atom. The van der Waals surface area contributed by atoms with E-state index in [-0.39, 0.29) is 5.91 Å². The Kier molecular flexibility index (Phi) is 4.58. The smallest absolute Gasteiger partial charge is 0.233 e. The number of thiocarbonyl (C=S) groups is 1. The molecule has 102 valence electrons. The topological polar surface area (TPSA) is 55.1 Å². The van der Waals surface area contributed by atoms with Gasteiger partial charge < -0.3 is 11.1 Å². The fourth-order valence-electron chi connectivity index (χ4n) is 2.52. The zero-order valence-electron chi connectivity index (χ0n) is 10.6. The lowest BCUT2D eigenvalue weighted by atomic mass is 9.85. The molecule has 1 saturated carbocycles. The molecule has 0 aromatic heterocycles. The molecule has 0 atom stereocenters. The summed E-state index contributed by atoms with van der Waals surface area (Å²) in [5.74, 6) is -0.0274. The molecule has 5 heteroatoms. The number of benzene rings is 1. The van der Waals surface area contributed by atoms with Gasteiger partial charge in [-0.15, -0.1) is 0 Å². The summed E-state index contributed by atoms with van der Waals surface area (Å²) in [6.07, 6.45) is 3.58. The summed E-state index contributed by atoms with van der Waals surface area (Å²) in [6.45, 7) is 0.510. The fraction of sp³-hybridized carbons (Fsp3) is 0.429. The van der Waals surface area contributed by atoms with Crippen LogP contribution in [-0.2, 0) is 11.3 Å². The molecule has 0 unspecified atom stereocenters. The van der Waals surface area contributed by atoms with Crippen molar-refractivity contribution in [3.8, 4) is 0 Å². The van der Waals surface area contributed by atoms with E-state index in [9.17, 15) is 4.79 Å². The highest BCUT2D eigenvalue weighted by Gasteiger charge is 2.43. The number of rotatable bonds is 4. The zero-order valence-corrected chi connectivity index (χ0v) is 13.0. The second-order valence-corrected chi connectivity index (χ2v) is 6.32. The number of hydrogen-bond donors (Lipinski definition) is 2. The van der Waals surface area contributed by atoms with Crippen LogP contribution in [0.5, 0.6) is 0 Å². The summed E-state index contributed by atoms with van der Waals surface area (Å²) in [5.41, 5.74) is 6.23. The summed E-state index contributed by atoms with van der Waals surface area (Å²) < 4.78 is 1.03. The number of nitrogens with two attached hydrogens (primary N) is 1. The molecule has 0 aliphatic heterocycles. The van der Waals surface area contributed by atoms with Crippen LogP contribution in [-0.4, -0.2) is 10.9 Å². The predicted octanol–water partition coefficient (Wildman–Crippen LogP) is 2.91. The van der Waals surface area contributed by atoms with E-state index >= 15 is 0 Å². The first kappa shape index (κ1) is 14.5. The van der Waals surface area contributed by atoms with Gasteiger partial charge in [0, 0.05) is 11.0 Å². The molecule has 3 N–H and O–H groups in total. The molecule has 1 aliphatic carbocycles. The third kappa shape index (κ3) is 3.15. The molecule has 0 heterocycles. The van der Waals surface area contributed by atoms with Crippen LogP contribution in [0, 0.1) is 5.41 Å². The molecule has 1 fully saturated rings. The highest BCUT2D eigenvalue weighted by molar-refractivity contribution is 9.10. The van der Waals surface area contributed by atoms with Gasteiger partial charge in [-0.05, 0) is 30.5 Å². The summed E-state index contributed by atoms with van der Waals surface area (Å²) >= 11 is 8.49. The molecule has 0 saturated heterocycles. The minimum Gasteiger partial charge on any atom is -0.392 e. The van der Waals surface area contributed by atoms with Crippen molar-refractivity contribution in [2.24, 2.45) is 11.1 Å². The number of halogens is 1. The molecule has 0 radical (unpaired) electrons. The van der Waals surface area contributed by atoms with Crippen LogP contribution in [0.25, 0.3) is 0 Å². The maximum atomic E-state index is 12.4. The molecule has 0 spiro atoms. The molecule has 1 aromatic carbocycles. The monoisotopic (exact) mass is 340 g/mol. The molecule has 1 aliphatic rings. The van der Waals surface area contributed by atoms with Gasteiger partial charge in [-0.1, -0.05) is 53.1 Å². The normalized spacial score (nSPS) is 17.1. The number of carbonyl (C=O) groups excluding carboxylic acids is 1. The van der Waals surface area contributed by atoms with E-state index in [1.54, 1.807) is 0 Å². The summed E-state index contributed by atoms with van der Waals surface area (Å²) in [5, 5.41) is 2.96. The summed E-state index contributed by atoms with van der Waals surface area (Å²) in [7, 11) is 0. The second-order valence-electron chi connectivity index (χ2n) is 4.96. The summed E-state index contributed by atoms with van der Waals surface area (Å²) in [6, 6.07) is 7.87. The fourth-order valence-corrected chi connectivity index (χ4v) is 3.08. The van der Waals surface area contributed by atoms with Gasteiger partial charge in [-0.2, -0.15) is 0 Å². The van der Waals surface area contributed by atoms with Crippen molar-refractivity contribution in [2.75, 3.05) is 0 Å². The van der Waals surface area contributed by atoms with Crippen LogP contribution in [0.1, 0.15) is 31.2 Å². The van der Waals surface area contributed by atoms with Crippen LogP contribution < -0.4 is 11.1 Å². The van der Waals surface area contributed by atoms with Gasteiger partial charge >= 0.3 is 0 Å². The number of hydrogen-bond acceptors (Lipinski definition) is 2. The van der Waals surface area contributed by atoms with Gasteiger partial charge in [0.15, 0.2) is 0 Å². The van der Waals surface area contributed by atoms with Crippen molar-refractivity contribution in [2.45, 2.75) is 32.2 Å². The van der Waals surface area contributed by atoms with E-state index in [4.69, 9.17) is 18.0 Å². The first-order valence-electron chi connectivity index (χ1n) is 6.37. The van der Waals surface area contributed by atoms with Gasteiger partial charge in [0.25, 0.3) is 0 Å². The van der Waals surface area contributed by atoms with Crippen molar-refractivity contribution in [1.29, 1.82) is 0 Å². The van der Waals surface area contributed by atoms with E-state index in [0.717, 1.165) is 35.7 Å². The minimum absolute atomic E-state index is 0.0274. The third-order valence-corrected chi connectivity index (χ3v) is 4.65. The lowest BCUT2D eigenvalue weighted by Crippen LogP contribution is -2.46. The first-order valence-corrected chi connectivity index (χ1v) is 7.57. The Balaban J connectivity index is 2.00. The number of amides is 1. The van der Waals surface area contributed by atoms with Gasteiger partial charge in [-0.25, -0.2) is 0 Å². The maximum Gasteiger partial charge on any atom is 0.233 e. The zero-order chi connectivity index (χ0) is 13.9. The number of nitrogens with one attached hydrogen (secondary N) is 1. The Hall–Kier alpha value is -0.940. The van der Waals surface area contributed by atoms with Crippen LogP contribution >= 0.6 is 28.1 Å². The van der Waals surface area contributed by atoms with Crippen molar-refractivity contribution in [1.82, 2.24) is 5.32 Å². The SMILES string of the molecule is NC(=S)C1(C(=O)NCc2ccc(Br)cc2)CCCC1. The van der Waals surface area contributed by atoms with Gasteiger partial charge in [0.2, 0.25) is 5.91 Å². The second kappa shape index (κ2) is 6.01. The predicted molar refractivity (Wildman–Crippen MR) is 83.7 cm³/mol. The Morgan fingerprint density at radius 3 is 2.42 bits per heavy atom. The summed E-state index contributed by atoms with van der Waals surface area (Å²) in [4.78, 5) is 12.7. The molecular weight excluding hydrogens is 324 g/mol. The molecular formula is C14H17BrN2OS. The standard InChI is InChI=1S/C14H17BrN2OS/c15-11-5-3-10(4-6-11)9-17-13(18)14(12(16)19)7-1-2-8-14/h3-6H,1-2,7-9H2,(H2,16,19)(H,17,18). The Labute approximate surface area is 127 Å². The Bertz CT molecular complexity index is 481. The van der Waals surface area contributed by atoms with Crippen molar-refractivity contribution < 1.29 is 4.79 Å². The van der Waals surface area contributed by atoms with Crippen LogP contribution in [0.4, 0.5) is 0 Å². The number of carbonyl (C=O) groups is 1. The van der Waals surface area contributed by atoms with Crippen molar-refractivity contribution >= 4 is 39.0 Å². The van der Waals surface area contributed by atoms with E-state index < -0.39 is 5.41 Å². The van der Waals surface area contributed by atoms with E-state index in [1.165, 1.54) is 0 Å². The van der Waals surface area contributed by atoms with E-state index in [1.807, 2.05) is 24.3 Å². The van der Waals surface area contributed by atoms with Crippen molar-refractivity contribution in [3.63, 3.8) is 0 Å². The lowest BCUT2D eigenvalue weighted by Gasteiger charge is -2.26. The third-order valence-electron chi connectivity index (χ3n) is 3.73. The molecule has 2 rings (SSSR count). The molecule has 0 bridgehead atoms. The van der Waals surface area contributed by atoms with E-state index in [0.29, 0.717) is 11.5 Å². The van der Waals surface area contributed by atoms with Gasteiger partial charge in [0.1, 0.15) is 0 Å².